The van der Waals surface area contributed by atoms with E-state index in [1.807, 2.05) is 22.9 Å². The average Bonchev–Trinajstić information content (AvgIpc) is 3.19. The van der Waals surface area contributed by atoms with Crippen molar-refractivity contribution in [2.45, 2.75) is 26.0 Å². The monoisotopic (exact) mass is 402 g/mol. The summed E-state index contributed by atoms with van der Waals surface area (Å²) in [4.78, 5) is 39.6. The van der Waals surface area contributed by atoms with Crippen LogP contribution in [0.25, 0.3) is 0 Å². The molecule has 2 amide bonds. The number of nitrogens with zero attached hydrogens (tertiary/aromatic N) is 2. The number of hydrogen-bond acceptors (Lipinski definition) is 6. The molecular weight excluding hydrogens is 380 g/mol. The maximum absolute atomic E-state index is 12.4. The summed E-state index contributed by atoms with van der Waals surface area (Å²) in [6.07, 6.45) is -0.618. The van der Waals surface area contributed by atoms with E-state index in [2.05, 4.69) is 0 Å². The Morgan fingerprint density at radius 3 is 2.82 bits per heavy atom. The van der Waals surface area contributed by atoms with Crippen molar-refractivity contribution in [2.24, 2.45) is 0 Å². The van der Waals surface area contributed by atoms with E-state index < -0.39 is 12.1 Å². The van der Waals surface area contributed by atoms with Gasteiger partial charge in [0.1, 0.15) is 5.75 Å². The van der Waals surface area contributed by atoms with Crippen LogP contribution >= 0.6 is 11.3 Å². The number of anilines is 1. The van der Waals surface area contributed by atoms with E-state index in [9.17, 15) is 14.4 Å². The fourth-order valence-electron chi connectivity index (χ4n) is 2.86. The Balaban J connectivity index is 1.49. The molecule has 1 aliphatic heterocycles. The molecule has 0 aliphatic carbocycles. The van der Waals surface area contributed by atoms with E-state index in [1.165, 1.54) is 9.80 Å². The normalized spacial score (nSPS) is 15.6. The number of para-hydroxylation sites is 2. The molecule has 0 saturated heterocycles. The number of carbonyl (C=O) groups is 3. The molecule has 8 heteroatoms. The molecule has 1 aliphatic rings. The number of thiophene rings is 1. The van der Waals surface area contributed by atoms with E-state index in [1.54, 1.807) is 43.5 Å². The highest BCUT2D eigenvalue weighted by molar-refractivity contribution is 7.07. The molecule has 0 spiro atoms. The highest BCUT2D eigenvalue weighted by Crippen LogP contribution is 2.33. The molecule has 0 radical (unpaired) electrons. The summed E-state index contributed by atoms with van der Waals surface area (Å²) in [5.41, 5.74) is 1.66. The van der Waals surface area contributed by atoms with E-state index in [0.29, 0.717) is 18.0 Å². The molecule has 2 aromatic rings. The molecule has 1 atom stereocenters. The lowest BCUT2D eigenvalue weighted by Gasteiger charge is -2.32. The predicted molar refractivity (Wildman–Crippen MR) is 105 cm³/mol. The first-order valence-corrected chi connectivity index (χ1v) is 9.87. The third-order valence-electron chi connectivity index (χ3n) is 4.40. The highest BCUT2D eigenvalue weighted by atomic mass is 32.1. The van der Waals surface area contributed by atoms with Crippen LogP contribution in [0.2, 0.25) is 0 Å². The minimum Gasteiger partial charge on any atom is -0.479 e. The minimum absolute atomic E-state index is 0.00564. The SMILES string of the molecule is CC1Oc2ccccc2N(CCC(=O)OCC(=O)N(C)Cc2ccsc2)C1=O. The van der Waals surface area contributed by atoms with Crippen molar-refractivity contribution in [2.75, 3.05) is 25.1 Å². The topological polar surface area (TPSA) is 76.2 Å². The molecule has 7 nitrogen and oxygen atoms in total. The summed E-state index contributed by atoms with van der Waals surface area (Å²) in [6, 6.07) is 9.13. The van der Waals surface area contributed by atoms with Gasteiger partial charge in [0.2, 0.25) is 0 Å². The molecule has 0 fully saturated rings. The zero-order valence-corrected chi connectivity index (χ0v) is 16.6. The van der Waals surface area contributed by atoms with Crippen LogP contribution in [-0.4, -0.2) is 49.0 Å². The van der Waals surface area contributed by atoms with Gasteiger partial charge < -0.3 is 19.3 Å². The van der Waals surface area contributed by atoms with Crippen molar-refractivity contribution in [3.63, 3.8) is 0 Å². The van der Waals surface area contributed by atoms with Gasteiger partial charge in [-0.1, -0.05) is 12.1 Å². The standard InChI is InChI=1S/C20H22N2O5S/c1-14-20(25)22(16-5-3-4-6-17(16)27-14)9-7-19(24)26-12-18(23)21(2)11-15-8-10-28-13-15/h3-6,8,10,13-14H,7,9,11-12H2,1-2H3. The summed E-state index contributed by atoms with van der Waals surface area (Å²) in [5, 5.41) is 3.91. The lowest BCUT2D eigenvalue weighted by molar-refractivity contribution is -0.151. The fourth-order valence-corrected chi connectivity index (χ4v) is 3.52. The van der Waals surface area contributed by atoms with Gasteiger partial charge in [-0.2, -0.15) is 11.3 Å². The van der Waals surface area contributed by atoms with Gasteiger partial charge in [0, 0.05) is 20.1 Å². The van der Waals surface area contributed by atoms with Gasteiger partial charge in [-0.3, -0.25) is 14.4 Å². The number of esters is 1. The molecule has 0 saturated carbocycles. The van der Waals surface area contributed by atoms with Crippen molar-refractivity contribution in [3.05, 3.63) is 46.7 Å². The Hall–Kier alpha value is -2.87. The quantitative estimate of drug-likeness (QED) is 0.665. The van der Waals surface area contributed by atoms with Gasteiger partial charge in [0.05, 0.1) is 12.1 Å². The second-order valence-electron chi connectivity index (χ2n) is 6.51. The number of benzene rings is 1. The van der Waals surface area contributed by atoms with Crippen molar-refractivity contribution in [1.29, 1.82) is 0 Å². The van der Waals surface area contributed by atoms with Crippen LogP contribution in [0, 0.1) is 0 Å². The third-order valence-corrected chi connectivity index (χ3v) is 5.13. The summed E-state index contributed by atoms with van der Waals surface area (Å²) < 4.78 is 10.7. The smallest absolute Gasteiger partial charge is 0.308 e. The second-order valence-corrected chi connectivity index (χ2v) is 7.29. The molecule has 3 rings (SSSR count). The van der Waals surface area contributed by atoms with Gasteiger partial charge in [0.25, 0.3) is 11.8 Å². The highest BCUT2D eigenvalue weighted by Gasteiger charge is 2.31. The summed E-state index contributed by atoms with van der Waals surface area (Å²) in [6.45, 7) is 1.99. The van der Waals surface area contributed by atoms with Crippen LogP contribution in [0.5, 0.6) is 5.75 Å². The molecule has 1 aromatic heterocycles. The van der Waals surface area contributed by atoms with Gasteiger partial charge in [-0.15, -0.1) is 0 Å². The predicted octanol–water partition coefficient (Wildman–Crippen LogP) is 2.45. The van der Waals surface area contributed by atoms with Crippen LogP contribution in [0.4, 0.5) is 5.69 Å². The number of likely N-dealkylation sites (N-methyl/N-ethyl adjacent to an activating group) is 1. The van der Waals surface area contributed by atoms with Crippen molar-refractivity contribution >= 4 is 34.8 Å². The maximum atomic E-state index is 12.4. The Kier molecular flexibility index (Phi) is 6.30. The fraction of sp³-hybridized carbons (Fsp3) is 0.350. The van der Waals surface area contributed by atoms with Gasteiger partial charge in [0.15, 0.2) is 12.7 Å². The maximum Gasteiger partial charge on any atom is 0.308 e. The van der Waals surface area contributed by atoms with Crippen LogP contribution in [-0.2, 0) is 25.7 Å². The largest absolute Gasteiger partial charge is 0.479 e. The molecule has 1 unspecified atom stereocenters. The first-order valence-electron chi connectivity index (χ1n) is 8.93. The second kappa shape index (κ2) is 8.88. The minimum atomic E-state index is -0.613. The van der Waals surface area contributed by atoms with Crippen molar-refractivity contribution in [1.82, 2.24) is 4.90 Å². The van der Waals surface area contributed by atoms with E-state index in [-0.39, 0.29) is 31.4 Å². The Labute approximate surface area is 167 Å². The lowest BCUT2D eigenvalue weighted by Crippen LogP contribution is -2.45. The zero-order chi connectivity index (χ0) is 20.1. The zero-order valence-electron chi connectivity index (χ0n) is 15.8. The van der Waals surface area contributed by atoms with Crippen LogP contribution < -0.4 is 9.64 Å². The van der Waals surface area contributed by atoms with E-state index >= 15 is 0 Å². The molecule has 0 N–H and O–H groups in total. The number of ether oxygens (including phenoxy) is 2. The summed E-state index contributed by atoms with van der Waals surface area (Å²) in [7, 11) is 1.67. The van der Waals surface area contributed by atoms with Gasteiger partial charge in [-0.05, 0) is 41.4 Å². The van der Waals surface area contributed by atoms with Gasteiger partial charge >= 0.3 is 5.97 Å². The van der Waals surface area contributed by atoms with E-state index in [0.717, 1.165) is 5.56 Å². The Bertz CT molecular complexity index is 852. The number of fused-ring (bicyclic) bond motifs is 1. The number of amides is 2. The van der Waals surface area contributed by atoms with E-state index in [4.69, 9.17) is 9.47 Å². The number of hydrogen-bond donors (Lipinski definition) is 0. The molecule has 148 valence electrons. The molecule has 1 aromatic carbocycles. The summed E-state index contributed by atoms with van der Waals surface area (Å²) in [5.74, 6) is -0.408. The van der Waals surface area contributed by atoms with Crippen LogP contribution in [0.3, 0.4) is 0 Å². The van der Waals surface area contributed by atoms with Crippen LogP contribution in [0.1, 0.15) is 18.9 Å². The number of rotatable bonds is 7. The Morgan fingerprint density at radius 2 is 2.07 bits per heavy atom. The average molecular weight is 402 g/mol. The molecule has 0 bridgehead atoms. The molecule has 2 heterocycles. The molecule has 28 heavy (non-hydrogen) atoms. The lowest BCUT2D eigenvalue weighted by atomic mass is 10.2. The summed E-state index contributed by atoms with van der Waals surface area (Å²) >= 11 is 1.56. The first kappa shape index (κ1) is 19.9. The van der Waals surface area contributed by atoms with Crippen molar-refractivity contribution < 1.29 is 23.9 Å². The first-order chi connectivity index (χ1) is 13.5. The molecular formula is C20H22N2O5S. The Morgan fingerprint density at radius 1 is 1.29 bits per heavy atom. The van der Waals surface area contributed by atoms with Gasteiger partial charge in [-0.25, -0.2) is 0 Å². The van der Waals surface area contributed by atoms with Crippen molar-refractivity contribution in [3.8, 4) is 5.75 Å². The van der Waals surface area contributed by atoms with Crippen LogP contribution in [0.15, 0.2) is 41.1 Å². The number of carbonyl (C=O) groups excluding carboxylic acids is 3. The third kappa shape index (κ3) is 4.69.